The number of aliphatic hydroxyl groups excluding tert-OH is 1. The summed E-state index contributed by atoms with van der Waals surface area (Å²) < 4.78 is 0. The Morgan fingerprint density at radius 1 is 1.35 bits per heavy atom. The zero-order valence-corrected chi connectivity index (χ0v) is 11.9. The van der Waals surface area contributed by atoms with Gasteiger partial charge in [0.05, 0.1) is 0 Å². The molecule has 1 atom stereocenters. The van der Waals surface area contributed by atoms with E-state index in [2.05, 4.69) is 31.0 Å². The van der Waals surface area contributed by atoms with Gasteiger partial charge in [-0.15, -0.1) is 10.2 Å². The van der Waals surface area contributed by atoms with Gasteiger partial charge in [-0.2, -0.15) is 0 Å². The lowest BCUT2D eigenvalue weighted by Gasteiger charge is -2.37. The number of hydrogen-bond donors (Lipinski definition) is 1. The van der Waals surface area contributed by atoms with Crippen LogP contribution in [0.4, 0.5) is 0 Å². The number of aliphatic hydroxyl groups is 1. The fourth-order valence-electron chi connectivity index (χ4n) is 2.55. The van der Waals surface area contributed by atoms with Crippen molar-refractivity contribution in [2.75, 3.05) is 0 Å². The molecular formula is C13H22N2OS. The molecule has 1 heterocycles. The molecule has 96 valence electrons. The van der Waals surface area contributed by atoms with Crippen molar-refractivity contribution >= 4 is 11.3 Å². The van der Waals surface area contributed by atoms with E-state index in [0.29, 0.717) is 11.3 Å². The summed E-state index contributed by atoms with van der Waals surface area (Å²) >= 11 is 1.57. The normalized spacial score (nSPS) is 26.6. The van der Waals surface area contributed by atoms with Gasteiger partial charge in [-0.1, -0.05) is 32.1 Å². The highest BCUT2D eigenvalue weighted by atomic mass is 32.1. The fourth-order valence-corrected chi connectivity index (χ4v) is 3.46. The predicted molar refractivity (Wildman–Crippen MR) is 70.1 cm³/mol. The maximum Gasteiger partial charge on any atom is 0.145 e. The molecule has 4 heteroatoms. The van der Waals surface area contributed by atoms with E-state index in [1.165, 1.54) is 19.3 Å². The molecule has 1 aromatic rings. The van der Waals surface area contributed by atoms with E-state index in [1.54, 1.807) is 18.3 Å². The van der Waals surface area contributed by atoms with E-state index in [9.17, 15) is 5.11 Å². The van der Waals surface area contributed by atoms with E-state index in [1.807, 2.05) is 0 Å². The van der Waals surface area contributed by atoms with Gasteiger partial charge in [0.2, 0.25) is 0 Å². The van der Waals surface area contributed by atoms with Crippen molar-refractivity contribution in [1.29, 1.82) is 0 Å². The molecule has 1 fully saturated rings. The second-order valence-corrected chi connectivity index (χ2v) is 7.49. The lowest BCUT2D eigenvalue weighted by Crippen LogP contribution is -2.26. The summed E-state index contributed by atoms with van der Waals surface area (Å²) in [5.41, 5.74) is 0.432. The van der Waals surface area contributed by atoms with Crippen molar-refractivity contribution in [3.8, 4) is 0 Å². The number of hydrogen-bond acceptors (Lipinski definition) is 4. The molecule has 0 amide bonds. The maximum absolute atomic E-state index is 9.42. The average molecular weight is 254 g/mol. The first-order valence-corrected chi connectivity index (χ1v) is 7.18. The summed E-state index contributed by atoms with van der Waals surface area (Å²) in [5.74, 6) is 1.44. The third kappa shape index (κ3) is 3.26. The molecule has 1 N–H and O–H groups in total. The predicted octanol–water partition coefficient (Wildman–Crippen LogP) is 3.52. The van der Waals surface area contributed by atoms with E-state index in [4.69, 9.17) is 0 Å². The highest BCUT2D eigenvalue weighted by Gasteiger charge is 2.35. The zero-order chi connectivity index (χ0) is 12.6. The average Bonchev–Trinajstić information content (AvgIpc) is 2.57. The molecule has 0 aliphatic heterocycles. The maximum atomic E-state index is 9.42. The Morgan fingerprint density at radius 3 is 2.47 bits per heavy atom. The van der Waals surface area contributed by atoms with Gasteiger partial charge in [-0.05, 0) is 37.5 Å². The van der Waals surface area contributed by atoms with Gasteiger partial charge in [-0.3, -0.25) is 0 Å². The van der Waals surface area contributed by atoms with Crippen LogP contribution in [0.25, 0.3) is 0 Å². The van der Waals surface area contributed by atoms with Crippen molar-refractivity contribution in [2.24, 2.45) is 11.3 Å². The van der Waals surface area contributed by atoms with Gasteiger partial charge in [0.1, 0.15) is 16.1 Å². The minimum Gasteiger partial charge on any atom is -0.386 e. The van der Waals surface area contributed by atoms with E-state index in [0.717, 1.165) is 15.9 Å². The van der Waals surface area contributed by atoms with Crippen LogP contribution in [0.3, 0.4) is 0 Å². The van der Waals surface area contributed by atoms with Crippen LogP contribution in [0.5, 0.6) is 0 Å². The Bertz CT molecular complexity index is 375. The van der Waals surface area contributed by atoms with E-state index in [-0.39, 0.29) is 0 Å². The first kappa shape index (κ1) is 13.0. The van der Waals surface area contributed by atoms with Crippen LogP contribution in [0.1, 0.15) is 69.0 Å². The van der Waals surface area contributed by atoms with Crippen molar-refractivity contribution < 1.29 is 5.11 Å². The molecule has 0 bridgehead atoms. The summed E-state index contributed by atoms with van der Waals surface area (Å²) in [7, 11) is 0. The molecule has 0 spiro atoms. The second kappa shape index (κ2) is 4.65. The Hall–Kier alpha value is -0.480. The number of rotatable bonds is 3. The third-order valence-corrected chi connectivity index (χ3v) is 4.56. The van der Waals surface area contributed by atoms with Gasteiger partial charge in [0.25, 0.3) is 0 Å². The summed E-state index contributed by atoms with van der Waals surface area (Å²) in [6.45, 7) is 8.65. The Kier molecular flexibility index (Phi) is 3.55. The molecular weight excluding hydrogens is 232 g/mol. The van der Waals surface area contributed by atoms with Gasteiger partial charge < -0.3 is 5.11 Å². The smallest absolute Gasteiger partial charge is 0.145 e. The second-order valence-electron chi connectivity index (χ2n) is 6.45. The van der Waals surface area contributed by atoms with Crippen LogP contribution in [0.2, 0.25) is 0 Å². The molecule has 1 aliphatic rings. The quantitative estimate of drug-likeness (QED) is 0.897. The highest BCUT2D eigenvalue weighted by molar-refractivity contribution is 7.11. The van der Waals surface area contributed by atoms with Crippen molar-refractivity contribution in [3.05, 3.63) is 10.0 Å². The summed E-state index contributed by atoms with van der Waals surface area (Å²) in [6, 6.07) is 0. The van der Waals surface area contributed by atoms with Crippen LogP contribution in [0, 0.1) is 11.3 Å². The molecule has 1 saturated carbocycles. The Morgan fingerprint density at radius 2 is 2.00 bits per heavy atom. The Balaban J connectivity index is 1.86. The number of nitrogens with zero attached hydrogens (tertiary/aromatic N) is 2. The van der Waals surface area contributed by atoms with Crippen LogP contribution >= 0.6 is 11.3 Å². The van der Waals surface area contributed by atoms with Crippen LogP contribution < -0.4 is 0 Å². The first-order valence-electron chi connectivity index (χ1n) is 6.36. The monoisotopic (exact) mass is 254 g/mol. The van der Waals surface area contributed by atoms with Gasteiger partial charge in [-0.25, -0.2) is 0 Å². The van der Waals surface area contributed by atoms with Crippen LogP contribution in [-0.2, 0) is 0 Å². The van der Waals surface area contributed by atoms with Gasteiger partial charge in [0, 0.05) is 5.92 Å². The SMILES string of the molecule is C[C@@H](O)c1nnc(C2CC(CC(C)(C)C)C2)s1. The van der Waals surface area contributed by atoms with Crippen molar-refractivity contribution in [2.45, 2.75) is 59.0 Å². The lowest BCUT2D eigenvalue weighted by molar-refractivity contribution is 0.179. The standard InChI is InChI=1S/C13H22N2OS/c1-8(16)11-14-15-12(17-11)10-5-9(6-10)7-13(2,3)4/h8-10,16H,5-7H2,1-4H3/t8-,9?,10?/m1/s1. The largest absolute Gasteiger partial charge is 0.386 e. The molecule has 0 saturated heterocycles. The molecule has 1 aromatic heterocycles. The molecule has 0 unspecified atom stereocenters. The third-order valence-electron chi connectivity index (χ3n) is 3.30. The molecule has 0 radical (unpaired) electrons. The number of aromatic nitrogens is 2. The molecule has 2 rings (SSSR count). The summed E-state index contributed by atoms with van der Waals surface area (Å²) in [6.07, 6.45) is 3.30. The zero-order valence-electron chi connectivity index (χ0n) is 11.1. The fraction of sp³-hybridized carbons (Fsp3) is 0.846. The molecule has 17 heavy (non-hydrogen) atoms. The minimum absolute atomic E-state index is 0.432. The topological polar surface area (TPSA) is 46.0 Å². The summed E-state index contributed by atoms with van der Waals surface area (Å²) in [4.78, 5) is 0. The van der Waals surface area contributed by atoms with Gasteiger partial charge >= 0.3 is 0 Å². The molecule has 3 nitrogen and oxygen atoms in total. The highest BCUT2D eigenvalue weighted by Crippen LogP contribution is 2.47. The Labute approximate surface area is 107 Å². The van der Waals surface area contributed by atoms with Crippen molar-refractivity contribution in [3.63, 3.8) is 0 Å². The van der Waals surface area contributed by atoms with Crippen LogP contribution in [0.15, 0.2) is 0 Å². The first-order chi connectivity index (χ1) is 7.85. The summed E-state index contributed by atoms with van der Waals surface area (Å²) in [5, 5.41) is 19.5. The minimum atomic E-state index is -0.480. The van der Waals surface area contributed by atoms with Crippen LogP contribution in [-0.4, -0.2) is 15.3 Å². The molecule has 1 aliphatic carbocycles. The van der Waals surface area contributed by atoms with Gasteiger partial charge in [0.15, 0.2) is 0 Å². The lowest BCUT2D eigenvalue weighted by atomic mass is 9.68. The van der Waals surface area contributed by atoms with Crippen molar-refractivity contribution in [1.82, 2.24) is 10.2 Å². The van der Waals surface area contributed by atoms with E-state index >= 15 is 0 Å². The van der Waals surface area contributed by atoms with E-state index < -0.39 is 6.10 Å². The molecule has 0 aromatic carbocycles.